The summed E-state index contributed by atoms with van der Waals surface area (Å²) in [5, 5.41) is 10.9. The Balaban J connectivity index is 1.68. The Labute approximate surface area is 119 Å². The van der Waals surface area contributed by atoms with Crippen LogP contribution in [-0.2, 0) is 0 Å². The predicted octanol–water partition coefficient (Wildman–Crippen LogP) is 2.75. The van der Waals surface area contributed by atoms with E-state index in [-0.39, 0.29) is 5.92 Å². The quantitative estimate of drug-likeness (QED) is 0.773. The van der Waals surface area contributed by atoms with Crippen LogP contribution in [0.25, 0.3) is 0 Å². The standard InChI is InChI=1S/C16H28BNO/c1-15(2)8-4-7-14(9-15)16(17,19)18-10-12-5-3-6-13(12)11-18/h12-14,19H,3-11H2,1-2H3. The number of rotatable bonds is 2. The number of fused-ring (bicyclic) bond motifs is 1. The molecule has 2 aliphatic carbocycles. The number of nitrogens with zero attached hydrogens (tertiary/aromatic N) is 1. The van der Waals surface area contributed by atoms with E-state index < -0.39 is 5.62 Å². The largest absolute Gasteiger partial charge is 0.385 e. The third kappa shape index (κ3) is 2.61. The maximum Gasteiger partial charge on any atom is 0.136 e. The predicted molar refractivity (Wildman–Crippen MR) is 78.8 cm³/mol. The molecule has 0 amide bonds. The molecule has 1 aliphatic heterocycles. The van der Waals surface area contributed by atoms with E-state index in [1.54, 1.807) is 0 Å². The molecule has 106 valence electrons. The lowest BCUT2D eigenvalue weighted by Gasteiger charge is -2.47. The summed E-state index contributed by atoms with van der Waals surface area (Å²) in [6.45, 7) is 6.67. The maximum atomic E-state index is 10.9. The molecule has 0 bridgehead atoms. The van der Waals surface area contributed by atoms with Gasteiger partial charge in [-0.1, -0.05) is 26.7 Å². The highest BCUT2D eigenvalue weighted by Crippen LogP contribution is 2.46. The first kappa shape index (κ1) is 13.9. The van der Waals surface area contributed by atoms with Gasteiger partial charge in [-0.15, -0.1) is 0 Å². The zero-order chi connectivity index (χ0) is 13.7. The average Bonchev–Trinajstić information content (AvgIpc) is 2.87. The Hall–Kier alpha value is -0.0151. The Morgan fingerprint density at radius 2 is 1.74 bits per heavy atom. The smallest absolute Gasteiger partial charge is 0.136 e. The second kappa shape index (κ2) is 4.77. The van der Waals surface area contributed by atoms with Crippen molar-refractivity contribution in [3.05, 3.63) is 0 Å². The minimum atomic E-state index is -1.07. The SMILES string of the molecule is [B]C(O)(C1CCCC(C)(C)C1)N1CC2CCCC2C1. The third-order valence-electron chi connectivity index (χ3n) is 6.04. The number of hydrogen-bond acceptors (Lipinski definition) is 2. The number of likely N-dealkylation sites (tertiary alicyclic amines) is 1. The van der Waals surface area contributed by atoms with E-state index in [9.17, 15) is 5.11 Å². The van der Waals surface area contributed by atoms with Gasteiger partial charge in [-0.05, 0) is 55.3 Å². The Kier molecular flexibility index (Phi) is 3.50. The summed E-state index contributed by atoms with van der Waals surface area (Å²) >= 11 is 0. The normalized spacial score (nSPS) is 41.9. The molecule has 1 N–H and O–H groups in total. The van der Waals surface area contributed by atoms with Crippen molar-refractivity contribution in [3.8, 4) is 0 Å². The van der Waals surface area contributed by atoms with Gasteiger partial charge in [-0.3, -0.25) is 4.90 Å². The number of hydrogen-bond donors (Lipinski definition) is 1. The summed E-state index contributed by atoms with van der Waals surface area (Å²) in [5.74, 6) is 1.84. The van der Waals surface area contributed by atoms with Crippen molar-refractivity contribution in [2.45, 2.75) is 64.4 Å². The zero-order valence-electron chi connectivity index (χ0n) is 12.6. The van der Waals surface area contributed by atoms with Crippen LogP contribution in [0, 0.1) is 23.2 Å². The molecule has 2 nitrogen and oxygen atoms in total. The first-order chi connectivity index (χ1) is 8.88. The molecule has 2 radical (unpaired) electrons. The minimum absolute atomic E-state index is 0.245. The molecule has 3 rings (SSSR count). The first-order valence-corrected chi connectivity index (χ1v) is 8.15. The van der Waals surface area contributed by atoms with Gasteiger partial charge in [0.2, 0.25) is 0 Å². The van der Waals surface area contributed by atoms with Gasteiger partial charge in [0.15, 0.2) is 0 Å². The summed E-state index contributed by atoms with van der Waals surface area (Å²) in [6.07, 6.45) is 8.68. The molecule has 2 saturated carbocycles. The van der Waals surface area contributed by atoms with E-state index in [0.29, 0.717) is 5.41 Å². The molecule has 3 fully saturated rings. The van der Waals surface area contributed by atoms with Gasteiger partial charge in [0, 0.05) is 13.1 Å². The molecule has 3 aliphatic rings. The van der Waals surface area contributed by atoms with Crippen molar-refractivity contribution in [1.82, 2.24) is 4.90 Å². The fourth-order valence-corrected chi connectivity index (χ4v) is 4.85. The van der Waals surface area contributed by atoms with Gasteiger partial charge in [0.05, 0.1) is 5.62 Å². The lowest BCUT2D eigenvalue weighted by molar-refractivity contribution is -0.0956. The van der Waals surface area contributed by atoms with Gasteiger partial charge in [0.25, 0.3) is 0 Å². The van der Waals surface area contributed by atoms with Crippen LogP contribution in [-0.4, -0.2) is 36.6 Å². The summed E-state index contributed by atoms with van der Waals surface area (Å²) in [5.41, 5.74) is -0.728. The summed E-state index contributed by atoms with van der Waals surface area (Å²) in [7, 11) is 6.40. The topological polar surface area (TPSA) is 23.5 Å². The number of aliphatic hydroxyl groups is 1. The van der Waals surface area contributed by atoms with Gasteiger partial charge in [-0.25, -0.2) is 0 Å². The van der Waals surface area contributed by atoms with Gasteiger partial charge in [0.1, 0.15) is 7.85 Å². The molecule has 4 atom stereocenters. The summed E-state index contributed by atoms with van der Waals surface area (Å²) in [4.78, 5) is 2.20. The minimum Gasteiger partial charge on any atom is -0.385 e. The summed E-state index contributed by atoms with van der Waals surface area (Å²) in [6, 6.07) is 0. The molecule has 0 spiro atoms. The van der Waals surface area contributed by atoms with Crippen molar-refractivity contribution in [2.75, 3.05) is 13.1 Å². The second-order valence-corrected chi connectivity index (χ2v) is 8.10. The second-order valence-electron chi connectivity index (χ2n) is 8.10. The molecule has 4 unspecified atom stereocenters. The third-order valence-corrected chi connectivity index (χ3v) is 6.04. The lowest BCUT2D eigenvalue weighted by Crippen LogP contribution is -2.55. The first-order valence-electron chi connectivity index (χ1n) is 8.15. The van der Waals surface area contributed by atoms with Crippen LogP contribution in [0.2, 0.25) is 0 Å². The van der Waals surface area contributed by atoms with Crippen LogP contribution in [0.1, 0.15) is 58.8 Å². The van der Waals surface area contributed by atoms with Crippen molar-refractivity contribution in [2.24, 2.45) is 23.2 Å². The molecule has 0 aromatic carbocycles. The Morgan fingerprint density at radius 3 is 2.32 bits per heavy atom. The van der Waals surface area contributed by atoms with Crippen LogP contribution in [0.4, 0.5) is 0 Å². The summed E-state index contributed by atoms with van der Waals surface area (Å²) < 4.78 is 0. The van der Waals surface area contributed by atoms with Crippen molar-refractivity contribution in [3.63, 3.8) is 0 Å². The zero-order valence-corrected chi connectivity index (χ0v) is 12.6. The lowest BCUT2D eigenvalue weighted by atomic mass is 9.63. The molecular formula is C16H28BNO. The monoisotopic (exact) mass is 261 g/mol. The molecule has 0 aromatic rings. The van der Waals surface area contributed by atoms with Crippen molar-refractivity contribution < 1.29 is 5.11 Å². The Bertz CT molecular complexity index is 330. The fourth-order valence-electron chi connectivity index (χ4n) is 4.85. The molecule has 1 saturated heterocycles. The van der Waals surface area contributed by atoms with Crippen molar-refractivity contribution >= 4 is 7.85 Å². The van der Waals surface area contributed by atoms with E-state index in [0.717, 1.165) is 37.8 Å². The fraction of sp³-hybridized carbons (Fsp3) is 1.00. The highest BCUT2D eigenvalue weighted by atomic mass is 16.3. The van der Waals surface area contributed by atoms with Crippen LogP contribution in [0.15, 0.2) is 0 Å². The molecular weight excluding hydrogens is 233 g/mol. The van der Waals surface area contributed by atoms with Gasteiger partial charge >= 0.3 is 0 Å². The molecule has 0 aromatic heterocycles. The van der Waals surface area contributed by atoms with E-state index in [1.807, 2.05) is 0 Å². The molecule has 1 heterocycles. The van der Waals surface area contributed by atoms with Gasteiger partial charge in [-0.2, -0.15) is 0 Å². The van der Waals surface area contributed by atoms with E-state index in [2.05, 4.69) is 18.7 Å². The van der Waals surface area contributed by atoms with E-state index >= 15 is 0 Å². The average molecular weight is 261 g/mol. The van der Waals surface area contributed by atoms with E-state index in [4.69, 9.17) is 7.85 Å². The maximum absolute atomic E-state index is 10.9. The highest BCUT2D eigenvalue weighted by Gasteiger charge is 2.47. The van der Waals surface area contributed by atoms with Crippen LogP contribution >= 0.6 is 0 Å². The van der Waals surface area contributed by atoms with Gasteiger partial charge < -0.3 is 5.11 Å². The van der Waals surface area contributed by atoms with Crippen LogP contribution in [0.5, 0.6) is 0 Å². The molecule has 3 heteroatoms. The Morgan fingerprint density at radius 1 is 1.11 bits per heavy atom. The molecule has 19 heavy (non-hydrogen) atoms. The van der Waals surface area contributed by atoms with E-state index in [1.165, 1.54) is 32.1 Å². The van der Waals surface area contributed by atoms with Crippen molar-refractivity contribution in [1.29, 1.82) is 0 Å². The highest BCUT2D eigenvalue weighted by molar-refractivity contribution is 6.14. The van der Waals surface area contributed by atoms with Crippen LogP contribution < -0.4 is 0 Å². The van der Waals surface area contributed by atoms with Crippen LogP contribution in [0.3, 0.4) is 0 Å².